The highest BCUT2D eigenvalue weighted by molar-refractivity contribution is 5.78. The van der Waals surface area contributed by atoms with Crippen LogP contribution in [0.25, 0.3) is 0 Å². The molecule has 15 heavy (non-hydrogen) atoms. The number of nitrogens with two attached hydrogens (primary N) is 1. The fourth-order valence-electron chi connectivity index (χ4n) is 2.13. The maximum absolute atomic E-state index is 11.0. The number of carboxylic acids is 1. The molecule has 0 aromatic heterocycles. The van der Waals surface area contributed by atoms with E-state index < -0.39 is 11.5 Å². The maximum Gasteiger partial charge on any atom is 0.323 e. The highest BCUT2D eigenvalue weighted by Crippen LogP contribution is 2.29. The van der Waals surface area contributed by atoms with Crippen LogP contribution in [0.4, 0.5) is 0 Å². The Morgan fingerprint density at radius 2 is 2.20 bits per heavy atom. The number of carboxylic acid groups (broad SMARTS) is 1. The molecule has 5 heteroatoms. The molecule has 1 aliphatic heterocycles. The van der Waals surface area contributed by atoms with Crippen LogP contribution in [0, 0.1) is 0 Å². The van der Waals surface area contributed by atoms with Crippen molar-refractivity contribution < 1.29 is 19.4 Å². The molecule has 2 rings (SSSR count). The van der Waals surface area contributed by atoms with E-state index in [0.717, 1.165) is 12.8 Å². The molecule has 2 atom stereocenters. The lowest BCUT2D eigenvalue weighted by Crippen LogP contribution is -2.54. The maximum atomic E-state index is 11.0. The number of ether oxygens (including phenoxy) is 2. The second-order valence-corrected chi connectivity index (χ2v) is 4.48. The molecule has 0 aromatic rings. The van der Waals surface area contributed by atoms with Gasteiger partial charge >= 0.3 is 5.97 Å². The van der Waals surface area contributed by atoms with Crippen LogP contribution in [-0.4, -0.2) is 42.0 Å². The van der Waals surface area contributed by atoms with Crippen LogP contribution in [0.5, 0.6) is 0 Å². The van der Waals surface area contributed by atoms with Crippen molar-refractivity contribution in [3.05, 3.63) is 0 Å². The van der Waals surface area contributed by atoms with Crippen molar-refractivity contribution >= 4 is 5.97 Å². The Labute approximate surface area is 88.5 Å². The van der Waals surface area contributed by atoms with E-state index >= 15 is 0 Å². The zero-order valence-electron chi connectivity index (χ0n) is 8.65. The van der Waals surface area contributed by atoms with E-state index in [2.05, 4.69) is 0 Å². The van der Waals surface area contributed by atoms with E-state index in [1.165, 1.54) is 0 Å². The summed E-state index contributed by atoms with van der Waals surface area (Å²) in [6.45, 7) is 1.25. The number of aliphatic carboxylic acids is 1. The minimum atomic E-state index is -1.09. The zero-order chi connectivity index (χ0) is 10.9. The summed E-state index contributed by atoms with van der Waals surface area (Å²) < 4.78 is 10.7. The summed E-state index contributed by atoms with van der Waals surface area (Å²) >= 11 is 0. The van der Waals surface area contributed by atoms with Crippen molar-refractivity contribution in [1.82, 2.24) is 0 Å². The monoisotopic (exact) mass is 215 g/mol. The molecule has 0 bridgehead atoms. The quantitative estimate of drug-likeness (QED) is 0.699. The Balaban J connectivity index is 1.88. The Morgan fingerprint density at radius 3 is 2.73 bits per heavy atom. The Hall–Kier alpha value is -0.650. The van der Waals surface area contributed by atoms with E-state index in [0.29, 0.717) is 26.1 Å². The van der Waals surface area contributed by atoms with Crippen molar-refractivity contribution in [2.45, 2.75) is 43.4 Å². The minimum Gasteiger partial charge on any atom is -0.480 e. The molecule has 0 aromatic carbocycles. The van der Waals surface area contributed by atoms with Gasteiger partial charge in [-0.25, -0.2) is 0 Å². The van der Waals surface area contributed by atoms with Gasteiger partial charge in [-0.3, -0.25) is 4.79 Å². The van der Waals surface area contributed by atoms with Crippen molar-refractivity contribution in [3.8, 4) is 0 Å². The van der Waals surface area contributed by atoms with Gasteiger partial charge in [0.15, 0.2) is 0 Å². The molecule has 2 fully saturated rings. The summed E-state index contributed by atoms with van der Waals surface area (Å²) in [5, 5.41) is 9.02. The summed E-state index contributed by atoms with van der Waals surface area (Å²) in [6.07, 6.45) is 2.81. The topological polar surface area (TPSA) is 81.8 Å². The number of hydrogen-bond acceptors (Lipinski definition) is 4. The summed E-state index contributed by atoms with van der Waals surface area (Å²) in [7, 11) is 0. The van der Waals surface area contributed by atoms with Gasteiger partial charge in [-0.15, -0.1) is 0 Å². The Bertz CT molecular complexity index is 254. The molecular formula is C10H17NO4. The average Bonchev–Trinajstić information content (AvgIpc) is 2.12. The van der Waals surface area contributed by atoms with Gasteiger partial charge in [-0.1, -0.05) is 0 Å². The van der Waals surface area contributed by atoms with Crippen LogP contribution in [0.1, 0.15) is 25.7 Å². The van der Waals surface area contributed by atoms with Gasteiger partial charge in [-0.05, 0) is 19.3 Å². The van der Waals surface area contributed by atoms with Gasteiger partial charge in [0.2, 0.25) is 0 Å². The lowest BCUT2D eigenvalue weighted by molar-refractivity contribution is -0.170. The molecule has 2 aliphatic rings. The van der Waals surface area contributed by atoms with E-state index in [1.807, 2.05) is 0 Å². The first kappa shape index (κ1) is 10.9. The lowest BCUT2D eigenvalue weighted by atomic mass is 9.81. The van der Waals surface area contributed by atoms with E-state index in [4.69, 9.17) is 20.3 Å². The van der Waals surface area contributed by atoms with Crippen LogP contribution in [0.2, 0.25) is 0 Å². The number of rotatable bonds is 3. The van der Waals surface area contributed by atoms with Gasteiger partial charge < -0.3 is 20.3 Å². The Morgan fingerprint density at radius 1 is 1.47 bits per heavy atom. The first-order valence-corrected chi connectivity index (χ1v) is 5.36. The van der Waals surface area contributed by atoms with Crippen molar-refractivity contribution in [3.63, 3.8) is 0 Å². The van der Waals surface area contributed by atoms with Gasteiger partial charge in [0.05, 0.1) is 19.3 Å². The minimum absolute atomic E-state index is 0.0197. The van der Waals surface area contributed by atoms with Gasteiger partial charge in [0.25, 0.3) is 0 Å². The molecule has 3 N–H and O–H groups in total. The van der Waals surface area contributed by atoms with E-state index in [-0.39, 0.29) is 12.2 Å². The summed E-state index contributed by atoms with van der Waals surface area (Å²) in [5.74, 6) is -0.916. The fourth-order valence-corrected chi connectivity index (χ4v) is 2.13. The third kappa shape index (κ3) is 2.30. The third-order valence-electron chi connectivity index (χ3n) is 3.16. The summed E-state index contributed by atoms with van der Waals surface area (Å²) in [5.41, 5.74) is 4.73. The van der Waals surface area contributed by atoms with Crippen LogP contribution in [0.15, 0.2) is 0 Å². The largest absolute Gasteiger partial charge is 0.480 e. The smallest absolute Gasteiger partial charge is 0.323 e. The number of hydrogen-bond donors (Lipinski definition) is 2. The van der Waals surface area contributed by atoms with E-state index in [1.54, 1.807) is 0 Å². The molecule has 0 radical (unpaired) electrons. The summed E-state index contributed by atoms with van der Waals surface area (Å²) in [6, 6.07) is 0. The van der Waals surface area contributed by atoms with Crippen molar-refractivity contribution in [1.29, 1.82) is 0 Å². The molecule has 1 aliphatic carbocycles. The van der Waals surface area contributed by atoms with Gasteiger partial charge in [0, 0.05) is 6.42 Å². The molecule has 1 saturated carbocycles. The van der Waals surface area contributed by atoms with Gasteiger partial charge in [0.1, 0.15) is 11.6 Å². The zero-order valence-corrected chi connectivity index (χ0v) is 8.65. The molecular weight excluding hydrogens is 198 g/mol. The van der Waals surface area contributed by atoms with Gasteiger partial charge in [-0.2, -0.15) is 0 Å². The molecule has 86 valence electrons. The molecule has 0 spiro atoms. The predicted octanol–water partition coefficient (Wildman–Crippen LogP) is 0.126. The second-order valence-electron chi connectivity index (χ2n) is 4.48. The van der Waals surface area contributed by atoms with Crippen LogP contribution in [0.3, 0.4) is 0 Å². The number of carbonyl (C=O) groups is 1. The molecule has 1 heterocycles. The standard InChI is InChI=1S/C10H17NO4/c11-10(9(12)13)3-1-2-7(4-10)15-8-5-14-6-8/h7-8H,1-6,11H2,(H,12,13). The highest BCUT2D eigenvalue weighted by atomic mass is 16.6. The summed E-state index contributed by atoms with van der Waals surface area (Å²) in [4.78, 5) is 11.0. The predicted molar refractivity (Wildman–Crippen MR) is 52.5 cm³/mol. The van der Waals surface area contributed by atoms with Crippen molar-refractivity contribution in [2.75, 3.05) is 13.2 Å². The normalized spacial score (nSPS) is 37.3. The first-order chi connectivity index (χ1) is 7.10. The SMILES string of the molecule is NC1(C(=O)O)CCCC(OC2COC2)C1. The lowest BCUT2D eigenvalue weighted by Gasteiger charge is -2.38. The van der Waals surface area contributed by atoms with Crippen LogP contribution >= 0.6 is 0 Å². The first-order valence-electron chi connectivity index (χ1n) is 5.36. The Kier molecular flexibility index (Phi) is 2.95. The fraction of sp³-hybridized carbons (Fsp3) is 0.900. The molecule has 1 saturated heterocycles. The molecule has 0 amide bonds. The average molecular weight is 215 g/mol. The highest BCUT2D eigenvalue weighted by Gasteiger charge is 2.40. The van der Waals surface area contributed by atoms with Crippen LogP contribution in [-0.2, 0) is 14.3 Å². The second kappa shape index (κ2) is 4.08. The molecule has 2 unspecified atom stereocenters. The van der Waals surface area contributed by atoms with Crippen molar-refractivity contribution in [2.24, 2.45) is 5.73 Å². The van der Waals surface area contributed by atoms with Crippen LogP contribution < -0.4 is 5.73 Å². The third-order valence-corrected chi connectivity index (χ3v) is 3.16. The van der Waals surface area contributed by atoms with E-state index in [9.17, 15) is 4.79 Å². The molecule has 5 nitrogen and oxygen atoms in total.